The quantitative estimate of drug-likeness (QED) is 0.888. The van der Waals surface area contributed by atoms with E-state index in [0.29, 0.717) is 22.1 Å². The van der Waals surface area contributed by atoms with E-state index in [0.717, 1.165) is 11.8 Å². The molecular formula is C17H17ClN2O4S. The van der Waals surface area contributed by atoms with E-state index in [1.54, 1.807) is 42.5 Å². The fourth-order valence-corrected chi connectivity index (χ4v) is 3.60. The summed E-state index contributed by atoms with van der Waals surface area (Å²) in [6.07, 6.45) is 0.152. The fraction of sp³-hybridized carbons (Fsp3) is 0.235. The summed E-state index contributed by atoms with van der Waals surface area (Å²) in [5.41, 5.74) is 1.90. The van der Waals surface area contributed by atoms with Gasteiger partial charge >= 0.3 is 0 Å². The van der Waals surface area contributed by atoms with Crippen LogP contribution in [0.1, 0.15) is 5.56 Å². The molecule has 2 aromatic carbocycles. The maximum absolute atomic E-state index is 12.5. The van der Waals surface area contributed by atoms with Crippen molar-refractivity contribution >= 4 is 38.9 Å². The van der Waals surface area contributed by atoms with Gasteiger partial charge in [0, 0.05) is 10.7 Å². The molecule has 8 heteroatoms. The number of sulfonamides is 1. The van der Waals surface area contributed by atoms with Crippen LogP contribution >= 0.6 is 11.6 Å². The molecule has 1 heterocycles. The van der Waals surface area contributed by atoms with E-state index in [4.69, 9.17) is 16.3 Å². The smallest absolute Gasteiger partial charge is 0.267 e. The Bertz CT molecular complexity index is 913. The van der Waals surface area contributed by atoms with Crippen molar-refractivity contribution in [3.05, 3.63) is 53.1 Å². The number of nitrogens with one attached hydrogen (secondary N) is 1. The Morgan fingerprint density at radius 3 is 2.56 bits per heavy atom. The Morgan fingerprint density at radius 1 is 1.24 bits per heavy atom. The molecule has 0 saturated carbocycles. The largest absolute Gasteiger partial charge is 0.476 e. The maximum Gasteiger partial charge on any atom is 0.267 e. The Balaban J connectivity index is 1.87. The maximum atomic E-state index is 12.5. The Kier molecular flexibility index (Phi) is 4.62. The molecule has 25 heavy (non-hydrogen) atoms. The van der Waals surface area contributed by atoms with Crippen LogP contribution in [-0.2, 0) is 14.8 Å². The number of aryl methyl sites for hydroxylation is 1. The van der Waals surface area contributed by atoms with Gasteiger partial charge in [0.25, 0.3) is 5.91 Å². The van der Waals surface area contributed by atoms with Crippen LogP contribution in [0.15, 0.2) is 42.5 Å². The third kappa shape index (κ3) is 3.88. The number of fused-ring (bicyclic) bond motifs is 1. The van der Waals surface area contributed by atoms with E-state index >= 15 is 0 Å². The van der Waals surface area contributed by atoms with Crippen LogP contribution in [0.2, 0.25) is 5.02 Å². The van der Waals surface area contributed by atoms with E-state index < -0.39 is 22.0 Å². The number of carbonyl (C=O) groups excluding carboxylic acids is 1. The van der Waals surface area contributed by atoms with Crippen molar-refractivity contribution < 1.29 is 17.9 Å². The number of hydrogen-bond donors (Lipinski definition) is 1. The van der Waals surface area contributed by atoms with Crippen molar-refractivity contribution in [1.82, 2.24) is 0 Å². The SMILES string of the molecule is Cc1ccc2c(c1)N(S(C)(=O)=O)CC(C(=O)Nc1ccc(Cl)cc1)O2. The van der Waals surface area contributed by atoms with Crippen molar-refractivity contribution in [2.75, 3.05) is 22.4 Å². The normalized spacial score (nSPS) is 16.8. The topological polar surface area (TPSA) is 75.7 Å². The number of carbonyl (C=O) groups is 1. The second-order valence-electron chi connectivity index (χ2n) is 5.87. The minimum atomic E-state index is -3.55. The molecule has 132 valence electrons. The Labute approximate surface area is 151 Å². The lowest BCUT2D eigenvalue weighted by molar-refractivity contribution is -0.122. The third-order valence-corrected chi connectivity index (χ3v) is 5.19. The van der Waals surface area contributed by atoms with Gasteiger partial charge in [-0.05, 0) is 48.9 Å². The molecule has 1 aliphatic rings. The van der Waals surface area contributed by atoms with Gasteiger partial charge in [0.1, 0.15) is 5.75 Å². The zero-order chi connectivity index (χ0) is 18.2. The molecule has 1 aliphatic heterocycles. The van der Waals surface area contributed by atoms with Crippen LogP contribution in [-0.4, -0.2) is 33.2 Å². The highest BCUT2D eigenvalue weighted by atomic mass is 35.5. The first-order chi connectivity index (χ1) is 11.7. The molecule has 1 atom stereocenters. The second kappa shape index (κ2) is 6.57. The highest BCUT2D eigenvalue weighted by Gasteiger charge is 2.35. The van der Waals surface area contributed by atoms with E-state index in [9.17, 15) is 13.2 Å². The standard InChI is InChI=1S/C17H17ClN2O4S/c1-11-3-8-15-14(9-11)20(25(2,22)23)10-16(24-15)17(21)19-13-6-4-12(18)5-7-13/h3-9,16H,10H2,1-2H3,(H,19,21). The Hall–Kier alpha value is -2.25. The highest BCUT2D eigenvalue weighted by molar-refractivity contribution is 7.92. The second-order valence-corrected chi connectivity index (χ2v) is 8.21. The first-order valence-corrected chi connectivity index (χ1v) is 9.78. The number of ether oxygens (including phenoxy) is 1. The van der Waals surface area contributed by atoms with Gasteiger partial charge in [-0.3, -0.25) is 9.10 Å². The summed E-state index contributed by atoms with van der Waals surface area (Å²) in [6, 6.07) is 11.8. The molecule has 6 nitrogen and oxygen atoms in total. The molecular weight excluding hydrogens is 364 g/mol. The summed E-state index contributed by atoms with van der Waals surface area (Å²) in [4.78, 5) is 12.5. The number of halogens is 1. The van der Waals surface area contributed by atoms with Gasteiger partial charge in [-0.25, -0.2) is 8.42 Å². The van der Waals surface area contributed by atoms with Crippen LogP contribution in [0.4, 0.5) is 11.4 Å². The monoisotopic (exact) mass is 380 g/mol. The summed E-state index contributed by atoms with van der Waals surface area (Å²) in [5.74, 6) is -0.0688. The van der Waals surface area contributed by atoms with Gasteiger partial charge in [0.15, 0.2) is 6.10 Å². The highest BCUT2D eigenvalue weighted by Crippen LogP contribution is 2.36. The molecule has 0 aliphatic carbocycles. The third-order valence-electron chi connectivity index (χ3n) is 3.79. The Morgan fingerprint density at radius 2 is 1.92 bits per heavy atom. The molecule has 1 N–H and O–H groups in total. The van der Waals surface area contributed by atoms with Crippen molar-refractivity contribution in [3.63, 3.8) is 0 Å². The number of rotatable bonds is 3. The minimum Gasteiger partial charge on any atom is -0.476 e. The van der Waals surface area contributed by atoms with Gasteiger partial charge in [0.05, 0.1) is 18.5 Å². The lowest BCUT2D eigenvalue weighted by atomic mass is 10.1. The summed E-state index contributed by atoms with van der Waals surface area (Å²) in [5, 5.41) is 3.26. The zero-order valence-corrected chi connectivity index (χ0v) is 15.3. The van der Waals surface area contributed by atoms with Crippen LogP contribution < -0.4 is 14.4 Å². The predicted molar refractivity (Wildman–Crippen MR) is 97.9 cm³/mol. The average Bonchev–Trinajstić information content (AvgIpc) is 2.55. The summed E-state index contributed by atoms with van der Waals surface area (Å²) in [7, 11) is -3.55. The lowest BCUT2D eigenvalue weighted by Gasteiger charge is -2.34. The number of hydrogen-bond acceptors (Lipinski definition) is 4. The molecule has 0 spiro atoms. The predicted octanol–water partition coefficient (Wildman–Crippen LogP) is 2.81. The van der Waals surface area contributed by atoms with Crippen LogP contribution in [0.25, 0.3) is 0 Å². The van der Waals surface area contributed by atoms with Crippen molar-refractivity contribution in [2.45, 2.75) is 13.0 Å². The molecule has 1 amide bonds. The number of anilines is 2. The fourth-order valence-electron chi connectivity index (χ4n) is 2.57. The van der Waals surface area contributed by atoms with Crippen molar-refractivity contribution in [3.8, 4) is 5.75 Å². The van der Waals surface area contributed by atoms with E-state index in [1.807, 2.05) is 6.92 Å². The molecule has 0 fully saturated rings. The number of benzene rings is 2. The first kappa shape index (κ1) is 17.6. The molecule has 0 radical (unpaired) electrons. The van der Waals surface area contributed by atoms with Gasteiger partial charge in [-0.15, -0.1) is 0 Å². The minimum absolute atomic E-state index is 0.0886. The lowest BCUT2D eigenvalue weighted by Crippen LogP contribution is -2.48. The summed E-state index contributed by atoms with van der Waals surface area (Å²) in [6.45, 7) is 1.77. The van der Waals surface area contributed by atoms with E-state index in [-0.39, 0.29) is 6.54 Å². The van der Waals surface area contributed by atoms with Gasteiger partial charge in [-0.1, -0.05) is 17.7 Å². The zero-order valence-electron chi connectivity index (χ0n) is 13.7. The molecule has 1 unspecified atom stereocenters. The van der Waals surface area contributed by atoms with Gasteiger partial charge < -0.3 is 10.1 Å². The number of nitrogens with zero attached hydrogens (tertiary/aromatic N) is 1. The van der Waals surface area contributed by atoms with Crippen molar-refractivity contribution in [2.24, 2.45) is 0 Å². The molecule has 0 bridgehead atoms. The number of amides is 1. The van der Waals surface area contributed by atoms with Gasteiger partial charge in [0.2, 0.25) is 10.0 Å². The van der Waals surface area contributed by atoms with E-state index in [2.05, 4.69) is 5.32 Å². The summed E-state index contributed by atoms with van der Waals surface area (Å²) >= 11 is 5.82. The van der Waals surface area contributed by atoms with Crippen molar-refractivity contribution in [1.29, 1.82) is 0 Å². The molecule has 0 saturated heterocycles. The van der Waals surface area contributed by atoms with Crippen LogP contribution in [0, 0.1) is 6.92 Å². The van der Waals surface area contributed by atoms with Crippen LogP contribution in [0.3, 0.4) is 0 Å². The van der Waals surface area contributed by atoms with Crippen LogP contribution in [0.5, 0.6) is 5.75 Å². The van der Waals surface area contributed by atoms with Gasteiger partial charge in [-0.2, -0.15) is 0 Å². The molecule has 3 rings (SSSR count). The van der Waals surface area contributed by atoms with E-state index in [1.165, 1.54) is 4.31 Å². The molecule has 0 aromatic heterocycles. The molecule has 2 aromatic rings. The average molecular weight is 381 g/mol. The summed E-state index contributed by atoms with van der Waals surface area (Å²) < 4.78 is 31.2. The first-order valence-electron chi connectivity index (χ1n) is 7.55.